The lowest BCUT2D eigenvalue weighted by atomic mass is 9.75. The number of rotatable bonds is 2. The summed E-state index contributed by atoms with van der Waals surface area (Å²) >= 11 is 0. The van der Waals surface area contributed by atoms with Gasteiger partial charge in [-0.1, -0.05) is 6.92 Å². The van der Waals surface area contributed by atoms with E-state index in [4.69, 9.17) is 9.47 Å². The maximum atomic E-state index is 11.9. The van der Waals surface area contributed by atoms with E-state index in [1.807, 2.05) is 13.8 Å². The van der Waals surface area contributed by atoms with E-state index >= 15 is 0 Å². The molecular weight excluding hydrogens is 220 g/mol. The van der Waals surface area contributed by atoms with Crippen molar-refractivity contribution >= 4 is 11.9 Å². The van der Waals surface area contributed by atoms with Crippen LogP contribution >= 0.6 is 0 Å². The Morgan fingerprint density at radius 2 is 2.12 bits per heavy atom. The predicted molar refractivity (Wildman–Crippen MR) is 61.2 cm³/mol. The van der Waals surface area contributed by atoms with Gasteiger partial charge >= 0.3 is 11.9 Å². The van der Waals surface area contributed by atoms with Crippen molar-refractivity contribution in [3.63, 3.8) is 0 Å². The van der Waals surface area contributed by atoms with Gasteiger partial charge in [-0.25, -0.2) is 0 Å². The molecule has 4 heteroatoms. The molecule has 2 heterocycles. The van der Waals surface area contributed by atoms with Crippen LogP contribution in [0.5, 0.6) is 0 Å². The maximum Gasteiger partial charge on any atom is 0.315 e. The van der Waals surface area contributed by atoms with Crippen LogP contribution in [-0.2, 0) is 19.1 Å². The molecule has 0 amide bonds. The van der Waals surface area contributed by atoms with Gasteiger partial charge in [0, 0.05) is 0 Å². The summed E-state index contributed by atoms with van der Waals surface area (Å²) in [5.41, 5.74) is -0.632. The van der Waals surface area contributed by atoms with Gasteiger partial charge in [-0.2, -0.15) is 0 Å². The molecule has 2 rings (SSSR count). The lowest BCUT2D eigenvalue weighted by Gasteiger charge is -2.40. The quantitative estimate of drug-likeness (QED) is 0.693. The lowest BCUT2D eigenvalue weighted by Crippen LogP contribution is -2.49. The predicted octanol–water partition coefficient (Wildman–Crippen LogP) is 2.06. The fourth-order valence-corrected chi connectivity index (χ4v) is 2.75. The number of carbonyl (C=O) groups is 2. The number of cyclic esters (lactones) is 2. The molecule has 2 aliphatic heterocycles. The molecule has 0 spiro atoms. The van der Waals surface area contributed by atoms with Crippen molar-refractivity contribution in [3.8, 4) is 0 Å². The largest absolute Gasteiger partial charge is 0.465 e. The van der Waals surface area contributed by atoms with E-state index in [2.05, 4.69) is 0 Å². The van der Waals surface area contributed by atoms with E-state index in [9.17, 15) is 9.59 Å². The second kappa shape index (κ2) is 4.67. The van der Waals surface area contributed by atoms with Crippen LogP contribution in [-0.4, -0.2) is 24.6 Å². The minimum absolute atomic E-state index is 0.00876. The Kier molecular flexibility index (Phi) is 3.40. The highest BCUT2D eigenvalue weighted by Gasteiger charge is 2.48. The topological polar surface area (TPSA) is 52.6 Å². The fourth-order valence-electron chi connectivity index (χ4n) is 2.75. The minimum atomic E-state index is -0.632. The average molecular weight is 240 g/mol. The molecule has 0 bridgehead atoms. The van der Waals surface area contributed by atoms with Gasteiger partial charge in [-0.15, -0.1) is 0 Å². The number of hydrogen-bond donors (Lipinski definition) is 0. The van der Waals surface area contributed by atoms with Crippen molar-refractivity contribution in [2.45, 2.75) is 52.1 Å². The normalized spacial score (nSPS) is 38.5. The van der Waals surface area contributed by atoms with Crippen molar-refractivity contribution in [1.82, 2.24) is 0 Å². The Balaban J connectivity index is 2.08. The van der Waals surface area contributed by atoms with Gasteiger partial charge in [0.25, 0.3) is 0 Å². The van der Waals surface area contributed by atoms with Crippen molar-refractivity contribution in [2.75, 3.05) is 6.61 Å². The standard InChI is InChI=1S/C13H20O4/c1-3-9-5-6-10(17-11(9)14)13(2)7-4-8-16-12(13)15/h9-10H,3-8H2,1-2H3. The van der Waals surface area contributed by atoms with Crippen molar-refractivity contribution in [2.24, 2.45) is 11.3 Å². The van der Waals surface area contributed by atoms with E-state index in [0.717, 1.165) is 32.1 Å². The summed E-state index contributed by atoms with van der Waals surface area (Å²) in [7, 11) is 0. The van der Waals surface area contributed by atoms with Gasteiger partial charge in [0.05, 0.1) is 12.5 Å². The van der Waals surface area contributed by atoms with E-state index in [0.29, 0.717) is 6.61 Å². The highest BCUT2D eigenvalue weighted by molar-refractivity contribution is 5.79. The minimum Gasteiger partial charge on any atom is -0.465 e. The Labute approximate surface area is 102 Å². The van der Waals surface area contributed by atoms with E-state index in [-0.39, 0.29) is 24.0 Å². The Morgan fingerprint density at radius 3 is 2.71 bits per heavy atom. The van der Waals surface area contributed by atoms with Gasteiger partial charge in [-0.05, 0) is 39.0 Å². The SMILES string of the molecule is CCC1CCC(C2(C)CCCOC2=O)OC1=O. The van der Waals surface area contributed by atoms with Crippen LogP contribution in [0.2, 0.25) is 0 Å². The molecule has 0 aromatic carbocycles. The highest BCUT2D eigenvalue weighted by Crippen LogP contribution is 2.40. The Hall–Kier alpha value is -1.06. The smallest absolute Gasteiger partial charge is 0.315 e. The lowest BCUT2D eigenvalue weighted by molar-refractivity contribution is -0.186. The first kappa shape index (κ1) is 12.4. The third-order valence-electron chi connectivity index (χ3n) is 4.11. The molecule has 3 unspecified atom stereocenters. The molecule has 0 aromatic rings. The number of carbonyl (C=O) groups excluding carboxylic acids is 2. The molecule has 96 valence electrons. The maximum absolute atomic E-state index is 11.9. The summed E-state index contributed by atoms with van der Waals surface area (Å²) in [5.74, 6) is -0.352. The molecule has 3 atom stereocenters. The molecule has 0 aromatic heterocycles. The van der Waals surface area contributed by atoms with Crippen molar-refractivity contribution in [1.29, 1.82) is 0 Å². The summed E-state index contributed by atoms with van der Waals surface area (Å²) in [6.07, 6.45) is 3.71. The monoisotopic (exact) mass is 240 g/mol. The molecule has 2 fully saturated rings. The zero-order valence-electron chi connectivity index (χ0n) is 10.5. The fraction of sp³-hybridized carbons (Fsp3) is 0.846. The molecule has 17 heavy (non-hydrogen) atoms. The molecule has 0 aliphatic carbocycles. The zero-order chi connectivity index (χ0) is 12.5. The van der Waals surface area contributed by atoms with Gasteiger partial charge in [0.1, 0.15) is 11.5 Å². The molecule has 0 N–H and O–H groups in total. The van der Waals surface area contributed by atoms with Crippen LogP contribution < -0.4 is 0 Å². The van der Waals surface area contributed by atoms with Crippen molar-refractivity contribution in [3.05, 3.63) is 0 Å². The molecule has 0 radical (unpaired) electrons. The first-order chi connectivity index (χ1) is 8.08. The van der Waals surface area contributed by atoms with Crippen LogP contribution in [0.3, 0.4) is 0 Å². The average Bonchev–Trinajstić information content (AvgIpc) is 2.33. The van der Waals surface area contributed by atoms with Gasteiger partial charge in [-0.3, -0.25) is 9.59 Å². The Morgan fingerprint density at radius 1 is 1.35 bits per heavy atom. The van der Waals surface area contributed by atoms with E-state index in [1.165, 1.54) is 0 Å². The van der Waals surface area contributed by atoms with Crippen molar-refractivity contribution < 1.29 is 19.1 Å². The van der Waals surface area contributed by atoms with Crippen LogP contribution in [0, 0.1) is 11.3 Å². The molecule has 0 saturated carbocycles. The summed E-state index contributed by atoms with van der Waals surface area (Å²) in [6.45, 7) is 4.34. The van der Waals surface area contributed by atoms with E-state index < -0.39 is 5.41 Å². The molecule has 2 saturated heterocycles. The van der Waals surface area contributed by atoms with E-state index in [1.54, 1.807) is 0 Å². The summed E-state index contributed by atoms with van der Waals surface area (Å²) in [4.78, 5) is 23.6. The van der Waals surface area contributed by atoms with Gasteiger partial charge in [0.15, 0.2) is 0 Å². The van der Waals surface area contributed by atoms with Gasteiger partial charge in [0.2, 0.25) is 0 Å². The van der Waals surface area contributed by atoms with Crippen LogP contribution in [0.4, 0.5) is 0 Å². The van der Waals surface area contributed by atoms with Gasteiger partial charge < -0.3 is 9.47 Å². The third-order valence-corrected chi connectivity index (χ3v) is 4.11. The first-order valence-electron chi connectivity index (χ1n) is 6.45. The molecule has 2 aliphatic rings. The highest BCUT2D eigenvalue weighted by atomic mass is 16.6. The second-order valence-electron chi connectivity index (χ2n) is 5.26. The number of esters is 2. The number of hydrogen-bond acceptors (Lipinski definition) is 4. The number of ether oxygens (including phenoxy) is 2. The second-order valence-corrected chi connectivity index (χ2v) is 5.26. The molecule has 4 nitrogen and oxygen atoms in total. The summed E-state index contributed by atoms with van der Waals surface area (Å²) in [6, 6.07) is 0. The Bertz CT molecular complexity index is 325. The van der Waals surface area contributed by atoms with Crippen LogP contribution in [0.25, 0.3) is 0 Å². The zero-order valence-corrected chi connectivity index (χ0v) is 10.5. The third kappa shape index (κ3) is 2.17. The summed E-state index contributed by atoms with van der Waals surface area (Å²) in [5, 5.41) is 0. The van der Waals surface area contributed by atoms with Crippen LogP contribution in [0.1, 0.15) is 46.0 Å². The summed E-state index contributed by atoms with van der Waals surface area (Å²) < 4.78 is 10.6. The van der Waals surface area contributed by atoms with Crippen LogP contribution in [0.15, 0.2) is 0 Å². The first-order valence-corrected chi connectivity index (χ1v) is 6.45. The molecular formula is C13H20O4.